The molecule has 11 heavy (non-hydrogen) atoms. The van der Waals surface area contributed by atoms with E-state index in [9.17, 15) is 5.11 Å². The molecule has 1 rings (SSSR count). The molecular weight excluding hydrogens is 158 g/mol. The van der Waals surface area contributed by atoms with Crippen LogP contribution < -0.4 is 5.32 Å². The fourth-order valence-corrected chi connectivity index (χ4v) is 2.58. The van der Waals surface area contributed by atoms with Crippen molar-refractivity contribution in [2.75, 3.05) is 13.1 Å². The Kier molecular flexibility index (Phi) is 2.84. The van der Waals surface area contributed by atoms with Crippen LogP contribution in [0.3, 0.4) is 0 Å². The van der Waals surface area contributed by atoms with Crippen molar-refractivity contribution in [1.29, 1.82) is 0 Å². The highest BCUT2D eigenvalue weighted by Gasteiger charge is 2.29. The summed E-state index contributed by atoms with van der Waals surface area (Å²) in [5.41, 5.74) is 0. The fraction of sp³-hybridized carbons (Fsp3) is 1.00. The van der Waals surface area contributed by atoms with Crippen molar-refractivity contribution >= 4 is 11.8 Å². The van der Waals surface area contributed by atoms with Crippen LogP contribution in [-0.2, 0) is 0 Å². The summed E-state index contributed by atoms with van der Waals surface area (Å²) in [6, 6.07) is 0. The van der Waals surface area contributed by atoms with Crippen LogP contribution in [0.1, 0.15) is 20.8 Å². The van der Waals surface area contributed by atoms with Crippen LogP contribution in [0.5, 0.6) is 0 Å². The summed E-state index contributed by atoms with van der Waals surface area (Å²) in [5.74, 6) is 0. The van der Waals surface area contributed by atoms with Crippen LogP contribution in [0.25, 0.3) is 0 Å². The molecule has 0 saturated carbocycles. The topological polar surface area (TPSA) is 32.3 Å². The Morgan fingerprint density at radius 1 is 1.36 bits per heavy atom. The highest BCUT2D eigenvalue weighted by Crippen LogP contribution is 2.30. The minimum atomic E-state index is -0.153. The predicted octanol–water partition coefficient (Wildman–Crippen LogP) is 0.851. The average Bonchev–Trinajstić information content (AvgIpc) is 2.12. The molecule has 1 aliphatic heterocycles. The van der Waals surface area contributed by atoms with Crippen LogP contribution in [-0.4, -0.2) is 34.3 Å². The normalized spacial score (nSPS) is 32.7. The second kappa shape index (κ2) is 3.33. The van der Waals surface area contributed by atoms with Crippen molar-refractivity contribution in [2.24, 2.45) is 0 Å². The van der Waals surface area contributed by atoms with Crippen molar-refractivity contribution in [1.82, 2.24) is 5.32 Å². The Hall–Kier alpha value is 0.270. The molecule has 0 bridgehead atoms. The van der Waals surface area contributed by atoms with Gasteiger partial charge in [0.15, 0.2) is 0 Å². The lowest BCUT2D eigenvalue weighted by atomic mass is 10.3. The van der Waals surface area contributed by atoms with Gasteiger partial charge in [-0.3, -0.25) is 0 Å². The maximum atomic E-state index is 9.47. The van der Waals surface area contributed by atoms with Gasteiger partial charge in [-0.05, 0) is 0 Å². The molecule has 1 aliphatic rings. The number of aliphatic hydroxyl groups excluding tert-OH is 1. The molecule has 1 fully saturated rings. The van der Waals surface area contributed by atoms with Gasteiger partial charge in [0.05, 0.1) is 6.10 Å². The first-order valence-corrected chi connectivity index (χ1v) is 4.93. The van der Waals surface area contributed by atoms with Crippen molar-refractivity contribution in [3.05, 3.63) is 0 Å². The first-order valence-electron chi connectivity index (χ1n) is 4.05. The molecule has 0 spiro atoms. The number of rotatable bonds is 1. The molecule has 66 valence electrons. The zero-order chi connectivity index (χ0) is 8.48. The van der Waals surface area contributed by atoms with E-state index in [4.69, 9.17) is 0 Å². The molecule has 2 atom stereocenters. The zero-order valence-corrected chi connectivity index (χ0v) is 8.24. The Morgan fingerprint density at radius 3 is 2.36 bits per heavy atom. The predicted molar refractivity (Wildman–Crippen MR) is 50.0 cm³/mol. The van der Waals surface area contributed by atoms with Gasteiger partial charge >= 0.3 is 0 Å². The Bertz CT molecular complexity index is 133. The van der Waals surface area contributed by atoms with Crippen LogP contribution in [0.4, 0.5) is 0 Å². The molecule has 0 aromatic carbocycles. The molecule has 1 heterocycles. The number of hydrogen-bond donors (Lipinski definition) is 2. The van der Waals surface area contributed by atoms with Crippen molar-refractivity contribution < 1.29 is 5.11 Å². The third-order valence-corrected chi connectivity index (χ3v) is 3.12. The van der Waals surface area contributed by atoms with Crippen molar-refractivity contribution in [3.63, 3.8) is 0 Å². The summed E-state index contributed by atoms with van der Waals surface area (Å²) >= 11 is 1.86. The standard InChI is InChI=1S/C8H17NOS/c1-8(2,3)11-7-5-9-4-6(7)10/h6-7,9-10H,4-5H2,1-3H3/t6-,7-/m1/s1. The third-order valence-electron chi connectivity index (χ3n) is 1.63. The molecule has 2 N–H and O–H groups in total. The largest absolute Gasteiger partial charge is 0.391 e. The lowest BCUT2D eigenvalue weighted by molar-refractivity contribution is 0.200. The van der Waals surface area contributed by atoms with E-state index in [1.54, 1.807) is 0 Å². The van der Waals surface area contributed by atoms with Crippen LogP contribution >= 0.6 is 11.8 Å². The monoisotopic (exact) mass is 175 g/mol. The van der Waals surface area contributed by atoms with E-state index < -0.39 is 0 Å². The minimum Gasteiger partial charge on any atom is -0.391 e. The minimum absolute atomic E-state index is 0.153. The summed E-state index contributed by atoms with van der Waals surface area (Å²) in [5, 5.41) is 13.0. The molecule has 2 nitrogen and oxygen atoms in total. The van der Waals surface area contributed by atoms with Crippen LogP contribution in [0.2, 0.25) is 0 Å². The molecule has 0 aliphatic carbocycles. The summed E-state index contributed by atoms with van der Waals surface area (Å²) in [4.78, 5) is 0. The van der Waals surface area contributed by atoms with E-state index in [2.05, 4.69) is 26.1 Å². The molecule has 0 amide bonds. The lowest BCUT2D eigenvalue weighted by Crippen LogP contribution is -2.25. The molecule has 0 radical (unpaired) electrons. The molecule has 0 aromatic rings. The first kappa shape index (κ1) is 9.36. The number of thioether (sulfide) groups is 1. The van der Waals surface area contributed by atoms with E-state index in [-0.39, 0.29) is 10.9 Å². The van der Waals surface area contributed by atoms with Gasteiger partial charge in [0.25, 0.3) is 0 Å². The smallest absolute Gasteiger partial charge is 0.0795 e. The van der Waals surface area contributed by atoms with E-state index >= 15 is 0 Å². The lowest BCUT2D eigenvalue weighted by Gasteiger charge is -2.23. The second-order valence-electron chi connectivity index (χ2n) is 3.99. The quantitative estimate of drug-likeness (QED) is 0.620. The molecule has 3 heteroatoms. The van der Waals surface area contributed by atoms with Crippen molar-refractivity contribution in [2.45, 2.75) is 36.9 Å². The van der Waals surface area contributed by atoms with Crippen LogP contribution in [0.15, 0.2) is 0 Å². The number of hydrogen-bond acceptors (Lipinski definition) is 3. The highest BCUT2D eigenvalue weighted by atomic mass is 32.2. The van der Waals surface area contributed by atoms with E-state index in [0.29, 0.717) is 5.25 Å². The van der Waals surface area contributed by atoms with Crippen LogP contribution in [0, 0.1) is 0 Å². The number of nitrogens with one attached hydrogen (secondary N) is 1. The molecular formula is C8H17NOS. The summed E-state index contributed by atoms with van der Waals surface area (Å²) in [6.07, 6.45) is -0.153. The van der Waals surface area contributed by atoms with E-state index in [1.807, 2.05) is 11.8 Å². The first-order chi connectivity index (χ1) is 4.99. The maximum absolute atomic E-state index is 9.47. The van der Waals surface area contributed by atoms with E-state index in [0.717, 1.165) is 13.1 Å². The van der Waals surface area contributed by atoms with Gasteiger partial charge in [-0.25, -0.2) is 0 Å². The number of β-amino-alcohol motifs (C(OH)–C–C–N with tert-alkyl or cyclic N) is 1. The average molecular weight is 175 g/mol. The summed E-state index contributed by atoms with van der Waals surface area (Å²) < 4.78 is 0.262. The molecule has 0 unspecified atom stereocenters. The molecule has 1 saturated heterocycles. The van der Waals surface area contributed by atoms with Gasteiger partial charge in [0, 0.05) is 23.1 Å². The second-order valence-corrected chi connectivity index (χ2v) is 6.06. The zero-order valence-electron chi connectivity index (χ0n) is 7.42. The Labute approximate surface area is 72.8 Å². The van der Waals surface area contributed by atoms with Gasteiger partial charge < -0.3 is 10.4 Å². The highest BCUT2D eigenvalue weighted by molar-refractivity contribution is 8.01. The third kappa shape index (κ3) is 3.01. The number of aliphatic hydroxyl groups is 1. The van der Waals surface area contributed by atoms with E-state index in [1.165, 1.54) is 0 Å². The maximum Gasteiger partial charge on any atom is 0.0795 e. The Balaban J connectivity index is 2.37. The van der Waals surface area contributed by atoms with Gasteiger partial charge in [-0.15, -0.1) is 11.8 Å². The van der Waals surface area contributed by atoms with Crippen molar-refractivity contribution in [3.8, 4) is 0 Å². The molecule has 0 aromatic heterocycles. The van der Waals surface area contributed by atoms with Gasteiger partial charge in [0.1, 0.15) is 0 Å². The van der Waals surface area contributed by atoms with Gasteiger partial charge in [-0.2, -0.15) is 0 Å². The fourth-order valence-electron chi connectivity index (χ4n) is 1.22. The Morgan fingerprint density at radius 2 is 2.00 bits per heavy atom. The SMILES string of the molecule is CC(C)(C)S[C@@H]1CNC[C@H]1O. The summed E-state index contributed by atoms with van der Waals surface area (Å²) in [6.45, 7) is 8.25. The summed E-state index contributed by atoms with van der Waals surface area (Å²) in [7, 11) is 0. The van der Waals surface area contributed by atoms with Gasteiger partial charge in [0.2, 0.25) is 0 Å². The van der Waals surface area contributed by atoms with Gasteiger partial charge in [-0.1, -0.05) is 20.8 Å².